The molecule has 0 aliphatic rings. The van der Waals surface area contributed by atoms with Crippen molar-refractivity contribution in [3.8, 4) is 0 Å². The largest absolute Gasteiger partial charge is 0.379 e. The Balaban J connectivity index is 2.99. The molecule has 2 unspecified atom stereocenters. The SMILES string of the molecule is CCNC(c1ccn(C)n1)C(OC)C(C)(C)C. The number of aromatic nitrogens is 2. The highest BCUT2D eigenvalue weighted by Crippen LogP contribution is 2.31. The highest BCUT2D eigenvalue weighted by Gasteiger charge is 2.34. The van der Waals surface area contributed by atoms with Crippen molar-refractivity contribution in [3.63, 3.8) is 0 Å². The maximum Gasteiger partial charge on any atom is 0.0830 e. The summed E-state index contributed by atoms with van der Waals surface area (Å²) in [6.07, 6.45) is 2.06. The number of nitrogens with one attached hydrogen (secondary N) is 1. The van der Waals surface area contributed by atoms with Crippen molar-refractivity contribution < 1.29 is 4.74 Å². The van der Waals surface area contributed by atoms with Crippen LogP contribution < -0.4 is 5.32 Å². The van der Waals surface area contributed by atoms with Crippen LogP contribution in [0.2, 0.25) is 0 Å². The third-order valence-corrected chi connectivity index (χ3v) is 2.89. The van der Waals surface area contributed by atoms with Gasteiger partial charge in [-0.2, -0.15) is 5.10 Å². The Labute approximate surface area is 104 Å². The molecule has 17 heavy (non-hydrogen) atoms. The lowest BCUT2D eigenvalue weighted by atomic mass is 9.83. The molecule has 1 heterocycles. The van der Waals surface area contributed by atoms with Crippen molar-refractivity contribution in [1.29, 1.82) is 0 Å². The maximum atomic E-state index is 5.68. The van der Waals surface area contributed by atoms with Gasteiger partial charge in [0.2, 0.25) is 0 Å². The van der Waals surface area contributed by atoms with E-state index < -0.39 is 0 Å². The minimum absolute atomic E-state index is 0.0686. The lowest BCUT2D eigenvalue weighted by molar-refractivity contribution is -0.0127. The molecule has 0 radical (unpaired) electrons. The number of likely N-dealkylation sites (N-methyl/N-ethyl adjacent to an activating group) is 1. The fraction of sp³-hybridized carbons (Fsp3) is 0.769. The number of nitrogens with zero attached hydrogens (tertiary/aromatic N) is 2. The van der Waals surface area contributed by atoms with Crippen LogP contribution in [0.15, 0.2) is 12.3 Å². The minimum Gasteiger partial charge on any atom is -0.379 e. The first-order chi connectivity index (χ1) is 7.90. The van der Waals surface area contributed by atoms with Gasteiger partial charge in [-0.1, -0.05) is 27.7 Å². The molecule has 0 fully saturated rings. The molecule has 0 saturated carbocycles. The summed E-state index contributed by atoms with van der Waals surface area (Å²) >= 11 is 0. The molecule has 1 aromatic rings. The van der Waals surface area contributed by atoms with Crippen LogP contribution in [0.1, 0.15) is 39.4 Å². The van der Waals surface area contributed by atoms with Gasteiger partial charge in [-0.3, -0.25) is 4.68 Å². The van der Waals surface area contributed by atoms with E-state index in [9.17, 15) is 0 Å². The summed E-state index contributed by atoms with van der Waals surface area (Å²) in [5.74, 6) is 0. The predicted octanol–water partition coefficient (Wildman–Crippen LogP) is 2.13. The summed E-state index contributed by atoms with van der Waals surface area (Å²) < 4.78 is 7.51. The van der Waals surface area contributed by atoms with Crippen LogP contribution in [0.25, 0.3) is 0 Å². The summed E-state index contributed by atoms with van der Waals surface area (Å²) in [7, 11) is 3.70. The Morgan fingerprint density at radius 3 is 2.47 bits per heavy atom. The van der Waals surface area contributed by atoms with Crippen molar-refractivity contribution in [2.75, 3.05) is 13.7 Å². The molecule has 0 spiro atoms. The molecule has 0 aliphatic carbocycles. The molecule has 0 saturated heterocycles. The second kappa shape index (κ2) is 5.65. The quantitative estimate of drug-likeness (QED) is 0.855. The van der Waals surface area contributed by atoms with Crippen LogP contribution in [0.3, 0.4) is 0 Å². The molecule has 1 aromatic heterocycles. The molecule has 0 bridgehead atoms. The lowest BCUT2D eigenvalue weighted by Gasteiger charge is -2.35. The third-order valence-electron chi connectivity index (χ3n) is 2.89. The number of hydrogen-bond donors (Lipinski definition) is 1. The zero-order chi connectivity index (χ0) is 13.1. The monoisotopic (exact) mass is 239 g/mol. The third kappa shape index (κ3) is 3.54. The van der Waals surface area contributed by atoms with E-state index in [1.165, 1.54) is 0 Å². The smallest absolute Gasteiger partial charge is 0.0830 e. The first kappa shape index (κ1) is 14.2. The van der Waals surface area contributed by atoms with E-state index in [2.05, 4.69) is 38.1 Å². The standard InChI is InChI=1S/C13H25N3O/c1-7-14-11(10-8-9-16(5)15-10)12(17-6)13(2,3)4/h8-9,11-12,14H,7H2,1-6H3. The molecule has 4 heteroatoms. The van der Waals surface area contributed by atoms with E-state index in [1.54, 1.807) is 7.11 Å². The van der Waals surface area contributed by atoms with Crippen molar-refractivity contribution in [3.05, 3.63) is 18.0 Å². The van der Waals surface area contributed by atoms with Crippen LogP contribution in [-0.2, 0) is 11.8 Å². The molecule has 0 aromatic carbocycles. The van der Waals surface area contributed by atoms with Gasteiger partial charge in [-0.05, 0) is 18.0 Å². The number of ether oxygens (including phenoxy) is 1. The summed E-state index contributed by atoms with van der Waals surface area (Å²) in [4.78, 5) is 0. The molecule has 0 amide bonds. The normalized spacial score (nSPS) is 15.9. The van der Waals surface area contributed by atoms with Gasteiger partial charge in [0, 0.05) is 20.4 Å². The lowest BCUT2D eigenvalue weighted by Crippen LogP contribution is -2.41. The van der Waals surface area contributed by atoms with Crippen molar-refractivity contribution in [2.24, 2.45) is 12.5 Å². The van der Waals surface area contributed by atoms with Gasteiger partial charge < -0.3 is 10.1 Å². The zero-order valence-electron chi connectivity index (χ0n) is 11.8. The van der Waals surface area contributed by atoms with Crippen LogP contribution in [0, 0.1) is 5.41 Å². The Hall–Kier alpha value is -0.870. The second-order valence-electron chi connectivity index (χ2n) is 5.47. The van der Waals surface area contributed by atoms with Crippen LogP contribution >= 0.6 is 0 Å². The van der Waals surface area contributed by atoms with E-state index >= 15 is 0 Å². The van der Waals surface area contributed by atoms with Crippen molar-refractivity contribution in [1.82, 2.24) is 15.1 Å². The van der Waals surface area contributed by atoms with Gasteiger partial charge in [0.25, 0.3) is 0 Å². The molecule has 0 aliphatic heterocycles. The summed E-state index contributed by atoms with van der Waals surface area (Å²) in [6.45, 7) is 9.57. The molecule has 2 atom stereocenters. The maximum absolute atomic E-state index is 5.68. The summed E-state index contributed by atoms with van der Waals surface area (Å²) in [5, 5.41) is 7.96. The molecule has 98 valence electrons. The second-order valence-corrected chi connectivity index (χ2v) is 5.47. The Bertz CT molecular complexity index is 341. The Morgan fingerprint density at radius 1 is 1.47 bits per heavy atom. The van der Waals surface area contributed by atoms with Crippen molar-refractivity contribution >= 4 is 0 Å². The average molecular weight is 239 g/mol. The van der Waals surface area contributed by atoms with Crippen LogP contribution in [0.5, 0.6) is 0 Å². The number of rotatable bonds is 5. The molecule has 1 N–H and O–H groups in total. The van der Waals surface area contributed by atoms with E-state index in [-0.39, 0.29) is 17.6 Å². The first-order valence-electron chi connectivity index (χ1n) is 6.15. The van der Waals surface area contributed by atoms with Gasteiger partial charge in [0.1, 0.15) is 0 Å². The van der Waals surface area contributed by atoms with Gasteiger partial charge in [-0.25, -0.2) is 0 Å². The zero-order valence-corrected chi connectivity index (χ0v) is 11.8. The summed E-state index contributed by atoms with van der Waals surface area (Å²) in [6, 6.07) is 2.18. The van der Waals surface area contributed by atoms with Gasteiger partial charge in [0.15, 0.2) is 0 Å². The highest BCUT2D eigenvalue weighted by atomic mass is 16.5. The molecular weight excluding hydrogens is 214 g/mol. The van der Waals surface area contributed by atoms with E-state index in [4.69, 9.17) is 4.74 Å². The minimum atomic E-state index is 0.0686. The van der Waals surface area contributed by atoms with Crippen LogP contribution in [-0.4, -0.2) is 29.5 Å². The molecular formula is C13H25N3O. The Morgan fingerprint density at radius 2 is 2.12 bits per heavy atom. The number of methoxy groups -OCH3 is 1. The highest BCUT2D eigenvalue weighted by molar-refractivity contribution is 5.09. The van der Waals surface area contributed by atoms with E-state index in [0.29, 0.717) is 0 Å². The predicted molar refractivity (Wildman–Crippen MR) is 69.9 cm³/mol. The van der Waals surface area contributed by atoms with Gasteiger partial charge in [-0.15, -0.1) is 0 Å². The fourth-order valence-corrected chi connectivity index (χ4v) is 2.18. The summed E-state index contributed by atoms with van der Waals surface area (Å²) in [5.41, 5.74) is 1.11. The van der Waals surface area contributed by atoms with Crippen molar-refractivity contribution in [2.45, 2.75) is 39.8 Å². The average Bonchev–Trinajstić information content (AvgIpc) is 2.62. The Kier molecular flexibility index (Phi) is 4.71. The van der Waals surface area contributed by atoms with E-state index in [1.807, 2.05) is 24.0 Å². The van der Waals surface area contributed by atoms with Gasteiger partial charge in [0.05, 0.1) is 17.8 Å². The first-order valence-corrected chi connectivity index (χ1v) is 6.15. The van der Waals surface area contributed by atoms with E-state index in [0.717, 1.165) is 12.2 Å². The molecule has 4 nitrogen and oxygen atoms in total. The molecule has 1 rings (SSSR count). The number of aryl methyl sites for hydroxylation is 1. The van der Waals surface area contributed by atoms with Crippen LogP contribution in [0.4, 0.5) is 0 Å². The van der Waals surface area contributed by atoms with Gasteiger partial charge >= 0.3 is 0 Å². The topological polar surface area (TPSA) is 39.1 Å². The fourth-order valence-electron chi connectivity index (χ4n) is 2.18. The number of hydrogen-bond acceptors (Lipinski definition) is 3.